The predicted octanol–water partition coefficient (Wildman–Crippen LogP) is 2.15. The molecule has 0 radical (unpaired) electrons. The Bertz CT molecular complexity index is 1340. The van der Waals surface area contributed by atoms with Crippen molar-refractivity contribution in [3.63, 3.8) is 0 Å². The molecule has 3 aromatic rings. The summed E-state index contributed by atoms with van der Waals surface area (Å²) in [7, 11) is -2.73. The van der Waals surface area contributed by atoms with Crippen molar-refractivity contribution in [3.05, 3.63) is 69.3 Å². The van der Waals surface area contributed by atoms with E-state index in [9.17, 15) is 18.3 Å². The summed E-state index contributed by atoms with van der Waals surface area (Å²) in [6, 6.07) is 6.72. The van der Waals surface area contributed by atoms with Crippen LogP contribution in [0.4, 0.5) is 5.82 Å². The largest absolute Gasteiger partial charge is 0.390 e. The van der Waals surface area contributed by atoms with E-state index in [0.29, 0.717) is 11.6 Å². The number of aliphatic hydroxyl groups excluding tert-OH is 1. The molecule has 0 spiro atoms. The number of aromatic nitrogens is 4. The van der Waals surface area contributed by atoms with Crippen LogP contribution in [0.3, 0.4) is 0 Å². The second-order valence-corrected chi connectivity index (χ2v) is 10.8. The van der Waals surface area contributed by atoms with Gasteiger partial charge in [0.2, 0.25) is 5.78 Å². The minimum Gasteiger partial charge on any atom is -0.390 e. The molecule has 0 saturated heterocycles. The average Bonchev–Trinajstić information content (AvgIpc) is 3.42. The molecule has 0 aliphatic heterocycles. The number of halogens is 2. The summed E-state index contributed by atoms with van der Waals surface area (Å²) in [5, 5.41) is 18.3. The van der Waals surface area contributed by atoms with Crippen molar-refractivity contribution in [2.75, 3.05) is 12.4 Å². The minimum absolute atomic E-state index is 0.194. The molecule has 0 bridgehead atoms. The van der Waals surface area contributed by atoms with Gasteiger partial charge in [0.15, 0.2) is 0 Å². The number of ketones is 1. The standard InChI is InChI=1S/C21H22BrClN6O5S/c1-24-35(32,33)34-19-8-14(7-18(19)30)27-21-15(9-25-11-26-21)20(31)17-4-5-29(28-17)10-12-6-13(22)2-3-16(12)23/h2-6,9,11,14,18-19,24,30H,7-8,10H2,1H3,(H,25,26,27)/t14-,18+,19-/m1/s1. The van der Waals surface area contributed by atoms with Crippen molar-refractivity contribution in [2.24, 2.45) is 0 Å². The lowest BCUT2D eigenvalue weighted by Crippen LogP contribution is -2.31. The summed E-state index contributed by atoms with van der Waals surface area (Å²) in [5.41, 5.74) is 1.23. The molecule has 1 fully saturated rings. The molecular formula is C21H22BrClN6O5S. The highest BCUT2D eigenvalue weighted by molar-refractivity contribution is 9.10. The maximum atomic E-state index is 13.2. The van der Waals surface area contributed by atoms with Gasteiger partial charge in [0.25, 0.3) is 0 Å². The maximum Gasteiger partial charge on any atom is 0.335 e. The van der Waals surface area contributed by atoms with Crippen molar-refractivity contribution < 1.29 is 22.5 Å². The fourth-order valence-corrected chi connectivity index (χ4v) is 4.98. The van der Waals surface area contributed by atoms with Crippen LogP contribution in [0.25, 0.3) is 0 Å². The summed E-state index contributed by atoms with van der Waals surface area (Å²) in [5.74, 6) is -0.139. The van der Waals surface area contributed by atoms with Crippen molar-refractivity contribution in [1.82, 2.24) is 24.5 Å². The summed E-state index contributed by atoms with van der Waals surface area (Å²) in [4.78, 5) is 21.3. The fourth-order valence-electron chi connectivity index (χ4n) is 3.76. The number of nitrogens with one attached hydrogen (secondary N) is 2. The minimum atomic E-state index is -3.95. The van der Waals surface area contributed by atoms with Crippen molar-refractivity contribution >= 4 is 49.4 Å². The third-order valence-electron chi connectivity index (χ3n) is 5.48. The molecule has 4 rings (SSSR count). The first-order chi connectivity index (χ1) is 16.6. The highest BCUT2D eigenvalue weighted by atomic mass is 79.9. The zero-order valence-corrected chi connectivity index (χ0v) is 21.6. The number of benzene rings is 1. The molecule has 2 aromatic heterocycles. The van der Waals surface area contributed by atoms with Gasteiger partial charge >= 0.3 is 10.3 Å². The van der Waals surface area contributed by atoms with E-state index in [1.54, 1.807) is 23.0 Å². The van der Waals surface area contributed by atoms with Gasteiger partial charge in [-0.2, -0.15) is 18.2 Å². The second kappa shape index (κ2) is 10.7. The number of carbonyl (C=O) groups is 1. The van der Waals surface area contributed by atoms with E-state index in [0.717, 1.165) is 10.0 Å². The molecule has 14 heteroatoms. The summed E-state index contributed by atoms with van der Waals surface area (Å²) < 4.78 is 32.9. The molecule has 11 nitrogen and oxygen atoms in total. The third-order valence-corrected chi connectivity index (χ3v) is 7.35. The van der Waals surface area contributed by atoms with Crippen LogP contribution in [0.2, 0.25) is 5.02 Å². The van der Waals surface area contributed by atoms with Crippen LogP contribution < -0.4 is 10.0 Å². The lowest BCUT2D eigenvalue weighted by molar-refractivity contribution is 0.0636. The zero-order chi connectivity index (χ0) is 25.2. The number of nitrogens with zero attached hydrogens (tertiary/aromatic N) is 4. The lowest BCUT2D eigenvalue weighted by Gasteiger charge is -2.15. The van der Waals surface area contributed by atoms with E-state index in [1.807, 2.05) is 12.1 Å². The van der Waals surface area contributed by atoms with Gasteiger partial charge in [-0.1, -0.05) is 27.5 Å². The molecule has 0 amide bonds. The second-order valence-electron chi connectivity index (χ2n) is 7.92. The summed E-state index contributed by atoms with van der Waals surface area (Å²) in [6.45, 7) is 0.374. The van der Waals surface area contributed by atoms with Gasteiger partial charge < -0.3 is 10.4 Å². The fraction of sp³-hybridized carbons (Fsp3) is 0.333. The lowest BCUT2D eigenvalue weighted by atomic mass is 10.1. The first-order valence-corrected chi connectivity index (χ1v) is 13.1. The van der Waals surface area contributed by atoms with E-state index in [2.05, 4.69) is 41.0 Å². The van der Waals surface area contributed by atoms with Crippen LogP contribution in [-0.4, -0.2) is 64.4 Å². The third kappa shape index (κ3) is 6.23. The quantitative estimate of drug-likeness (QED) is 0.321. The molecule has 1 aliphatic carbocycles. The maximum absolute atomic E-state index is 13.2. The topological polar surface area (TPSA) is 148 Å². The molecule has 35 heavy (non-hydrogen) atoms. The van der Waals surface area contributed by atoms with Gasteiger partial charge in [-0.05, 0) is 42.7 Å². The van der Waals surface area contributed by atoms with E-state index in [4.69, 9.17) is 15.8 Å². The molecule has 0 unspecified atom stereocenters. The highest BCUT2D eigenvalue weighted by Crippen LogP contribution is 2.28. The van der Waals surface area contributed by atoms with Crippen LogP contribution in [0.5, 0.6) is 0 Å². The molecule has 1 aromatic carbocycles. The van der Waals surface area contributed by atoms with E-state index < -0.39 is 28.3 Å². The van der Waals surface area contributed by atoms with Gasteiger partial charge in [0.1, 0.15) is 23.9 Å². The van der Waals surface area contributed by atoms with E-state index >= 15 is 0 Å². The Kier molecular flexibility index (Phi) is 7.83. The van der Waals surface area contributed by atoms with Gasteiger partial charge in [-0.25, -0.2) is 9.97 Å². The Labute approximate surface area is 215 Å². The van der Waals surface area contributed by atoms with Crippen molar-refractivity contribution in [2.45, 2.75) is 37.6 Å². The molecule has 1 saturated carbocycles. The monoisotopic (exact) mass is 584 g/mol. The highest BCUT2D eigenvalue weighted by Gasteiger charge is 2.37. The van der Waals surface area contributed by atoms with Crippen molar-refractivity contribution in [3.8, 4) is 0 Å². The number of anilines is 1. The number of rotatable bonds is 9. The molecule has 2 heterocycles. The Hall–Kier alpha value is -2.42. The number of hydrogen-bond acceptors (Lipinski definition) is 9. The van der Waals surface area contributed by atoms with Crippen LogP contribution in [0.1, 0.15) is 34.5 Å². The Morgan fingerprint density at radius 2 is 2.14 bits per heavy atom. The SMILES string of the molecule is CNS(=O)(=O)O[C@@H]1C[C@H](Nc2ncncc2C(=O)c2ccn(Cc3cc(Br)ccc3Cl)n2)C[C@@H]1O. The van der Waals surface area contributed by atoms with Gasteiger partial charge in [0, 0.05) is 35.0 Å². The number of aliphatic hydroxyl groups is 1. The first kappa shape index (κ1) is 25.7. The predicted molar refractivity (Wildman–Crippen MR) is 131 cm³/mol. The zero-order valence-electron chi connectivity index (χ0n) is 18.4. The van der Waals surface area contributed by atoms with Crippen LogP contribution in [-0.2, 0) is 21.0 Å². The summed E-state index contributed by atoms with van der Waals surface area (Å²) >= 11 is 9.68. The van der Waals surface area contributed by atoms with Crippen LogP contribution in [0, 0.1) is 0 Å². The molecule has 3 N–H and O–H groups in total. The van der Waals surface area contributed by atoms with Gasteiger partial charge in [-0.15, -0.1) is 0 Å². The summed E-state index contributed by atoms with van der Waals surface area (Å²) in [6.07, 6.45) is 2.83. The number of hydrogen-bond donors (Lipinski definition) is 3. The Balaban J connectivity index is 1.48. The molecule has 3 atom stereocenters. The smallest absolute Gasteiger partial charge is 0.335 e. The van der Waals surface area contributed by atoms with E-state index in [1.165, 1.54) is 19.6 Å². The van der Waals surface area contributed by atoms with Gasteiger partial charge in [0.05, 0.1) is 18.2 Å². The van der Waals surface area contributed by atoms with E-state index in [-0.39, 0.29) is 36.0 Å². The van der Waals surface area contributed by atoms with Gasteiger partial charge in [-0.3, -0.25) is 13.7 Å². The normalized spacial score (nSPS) is 20.2. The molecular weight excluding hydrogens is 564 g/mol. The van der Waals surface area contributed by atoms with Crippen LogP contribution >= 0.6 is 27.5 Å². The Morgan fingerprint density at radius 3 is 2.91 bits per heavy atom. The molecule has 1 aliphatic rings. The first-order valence-electron chi connectivity index (χ1n) is 10.5. The van der Waals surface area contributed by atoms with Crippen molar-refractivity contribution in [1.29, 1.82) is 0 Å². The number of carbonyl (C=O) groups excluding carboxylic acids is 1. The Morgan fingerprint density at radius 1 is 1.34 bits per heavy atom. The average molecular weight is 586 g/mol. The van der Waals surface area contributed by atoms with Crippen LogP contribution in [0.15, 0.2) is 47.5 Å². The molecule has 186 valence electrons.